The van der Waals surface area contributed by atoms with Crippen LogP contribution in [0.5, 0.6) is 0 Å². The molecule has 0 spiro atoms. The Morgan fingerprint density at radius 2 is 1.75 bits per heavy atom. The molecule has 0 aromatic heterocycles. The first kappa shape index (κ1) is 17.2. The molecule has 4 nitrogen and oxygen atoms in total. The summed E-state index contributed by atoms with van der Waals surface area (Å²) in [5.74, 6) is 0.287. The van der Waals surface area contributed by atoms with Gasteiger partial charge in [0.25, 0.3) is 0 Å². The fourth-order valence-electron chi connectivity index (χ4n) is 1.92. The van der Waals surface area contributed by atoms with E-state index in [9.17, 15) is 0 Å². The van der Waals surface area contributed by atoms with Gasteiger partial charge in [0.15, 0.2) is 13.7 Å². The number of rotatable bonds is 4. The van der Waals surface area contributed by atoms with Crippen LogP contribution >= 0.6 is 0 Å². The molecule has 1 aliphatic heterocycles. The molecule has 2 unspecified atom stereocenters. The molecule has 5 heteroatoms. The van der Waals surface area contributed by atoms with Gasteiger partial charge in [0, 0.05) is 12.5 Å². The second-order valence-electron chi connectivity index (χ2n) is 7.42. The van der Waals surface area contributed by atoms with E-state index in [1.165, 1.54) is 0 Å². The smallest absolute Gasteiger partial charge is 0.191 e. The molecule has 0 radical (unpaired) electrons. The van der Waals surface area contributed by atoms with Crippen LogP contribution in [0.25, 0.3) is 0 Å². The average molecular weight is 294 g/mol. The van der Waals surface area contributed by atoms with Crippen LogP contribution in [0.1, 0.15) is 34.1 Å². The van der Waals surface area contributed by atoms with Crippen molar-refractivity contribution in [1.29, 1.82) is 10.5 Å². The Kier molecular flexibility index (Phi) is 5.02. The van der Waals surface area contributed by atoms with E-state index in [1.54, 1.807) is 6.92 Å². The zero-order chi connectivity index (χ0) is 15.6. The zero-order valence-electron chi connectivity index (χ0n) is 13.5. The number of hydrogen-bond acceptors (Lipinski definition) is 4. The summed E-state index contributed by atoms with van der Waals surface area (Å²) < 4.78 is 11.9. The van der Waals surface area contributed by atoms with E-state index in [0.29, 0.717) is 13.2 Å². The Hall–Kier alpha value is -0.883. The number of ether oxygens (including phenoxy) is 1. The summed E-state index contributed by atoms with van der Waals surface area (Å²) in [5, 5.41) is 18.4. The molecular weight excluding hydrogens is 268 g/mol. The minimum Gasteiger partial charge on any atom is -0.416 e. The molecule has 1 aliphatic rings. The predicted molar refractivity (Wildman–Crippen MR) is 80.3 cm³/mol. The van der Waals surface area contributed by atoms with Gasteiger partial charge < -0.3 is 9.16 Å². The molecular formula is C15H26N2O2Si. The van der Waals surface area contributed by atoms with Crippen LogP contribution in [0.4, 0.5) is 0 Å². The fourth-order valence-corrected chi connectivity index (χ4v) is 3.01. The van der Waals surface area contributed by atoms with Crippen molar-refractivity contribution >= 4 is 8.32 Å². The second-order valence-corrected chi connectivity index (χ2v) is 12.2. The lowest BCUT2D eigenvalue weighted by atomic mass is 9.84. The Bertz CT molecular complexity index is 415. The average Bonchev–Trinajstić information content (AvgIpc) is 2.83. The van der Waals surface area contributed by atoms with Crippen molar-refractivity contribution in [3.05, 3.63) is 0 Å². The van der Waals surface area contributed by atoms with Crippen molar-refractivity contribution in [3.63, 3.8) is 0 Å². The molecule has 0 bridgehead atoms. The molecule has 1 saturated heterocycles. The lowest BCUT2D eigenvalue weighted by Crippen LogP contribution is -2.42. The first-order valence-electron chi connectivity index (χ1n) is 7.14. The Balaban J connectivity index is 2.56. The van der Waals surface area contributed by atoms with Crippen molar-refractivity contribution in [2.75, 3.05) is 13.2 Å². The minimum atomic E-state index is -1.74. The second kappa shape index (κ2) is 5.85. The quantitative estimate of drug-likeness (QED) is 0.745. The summed E-state index contributed by atoms with van der Waals surface area (Å²) in [5.41, 5.74) is -1.05. The van der Waals surface area contributed by atoms with Gasteiger partial charge in [-0.05, 0) is 31.5 Å². The Labute approximate surface area is 123 Å². The maximum absolute atomic E-state index is 9.12. The van der Waals surface area contributed by atoms with Gasteiger partial charge >= 0.3 is 0 Å². The maximum atomic E-state index is 9.12. The summed E-state index contributed by atoms with van der Waals surface area (Å²) in [7, 11) is -1.74. The maximum Gasteiger partial charge on any atom is 0.191 e. The highest BCUT2D eigenvalue weighted by Gasteiger charge is 2.43. The zero-order valence-corrected chi connectivity index (χ0v) is 14.5. The van der Waals surface area contributed by atoms with Crippen molar-refractivity contribution < 1.29 is 9.16 Å². The number of nitrogens with zero attached hydrogens (tertiary/aromatic N) is 2. The third-order valence-corrected chi connectivity index (χ3v) is 9.18. The van der Waals surface area contributed by atoms with E-state index in [1.807, 2.05) is 0 Å². The van der Waals surface area contributed by atoms with Gasteiger partial charge in [-0.15, -0.1) is 0 Å². The molecule has 0 aliphatic carbocycles. The van der Waals surface area contributed by atoms with E-state index >= 15 is 0 Å². The molecule has 2 atom stereocenters. The molecule has 1 fully saturated rings. The lowest BCUT2D eigenvalue weighted by Gasteiger charge is -2.36. The standard InChI is InChI=1S/C15H26N2O2Si/c1-14(2,3)20(5,6)19-9-12-7-13(18-8-12)15(4,10-16)11-17/h12-13H,7-9H2,1-6H3. The van der Waals surface area contributed by atoms with E-state index in [4.69, 9.17) is 19.7 Å². The summed E-state index contributed by atoms with van der Waals surface area (Å²) in [6, 6.07) is 4.14. The van der Waals surface area contributed by atoms with Crippen molar-refractivity contribution in [1.82, 2.24) is 0 Å². The topological polar surface area (TPSA) is 66.0 Å². The monoisotopic (exact) mass is 294 g/mol. The molecule has 1 rings (SSSR count). The molecule has 0 aromatic rings. The minimum absolute atomic E-state index is 0.194. The first-order valence-corrected chi connectivity index (χ1v) is 10.0. The Morgan fingerprint density at radius 1 is 1.20 bits per heavy atom. The van der Waals surface area contributed by atoms with Crippen LogP contribution in [0, 0.1) is 34.0 Å². The van der Waals surface area contributed by atoms with E-state index in [-0.39, 0.29) is 17.1 Å². The summed E-state index contributed by atoms with van der Waals surface area (Å²) in [6.45, 7) is 14.0. The molecule has 20 heavy (non-hydrogen) atoms. The molecule has 0 amide bonds. The SMILES string of the molecule is CC(C#N)(C#N)C1CC(CO[Si](C)(C)C(C)(C)C)CO1. The molecule has 0 N–H and O–H groups in total. The van der Waals surface area contributed by atoms with Gasteiger partial charge in [-0.1, -0.05) is 20.8 Å². The molecule has 1 heterocycles. The largest absolute Gasteiger partial charge is 0.416 e. The van der Waals surface area contributed by atoms with Gasteiger partial charge in [-0.2, -0.15) is 10.5 Å². The lowest BCUT2D eigenvalue weighted by molar-refractivity contribution is 0.0583. The normalized spacial score (nSPS) is 24.2. The third kappa shape index (κ3) is 3.61. The van der Waals surface area contributed by atoms with Crippen molar-refractivity contribution in [2.24, 2.45) is 11.3 Å². The highest BCUT2D eigenvalue weighted by Crippen LogP contribution is 2.38. The van der Waals surface area contributed by atoms with Gasteiger partial charge in [0.05, 0.1) is 24.8 Å². The third-order valence-electron chi connectivity index (χ3n) is 4.68. The molecule has 0 aromatic carbocycles. The highest BCUT2D eigenvalue weighted by atomic mass is 28.4. The van der Waals surface area contributed by atoms with Crippen molar-refractivity contribution in [3.8, 4) is 12.1 Å². The van der Waals surface area contributed by atoms with E-state index in [0.717, 1.165) is 6.42 Å². The first-order chi connectivity index (χ1) is 9.05. The van der Waals surface area contributed by atoms with Crippen molar-refractivity contribution in [2.45, 2.75) is 58.4 Å². The summed E-state index contributed by atoms with van der Waals surface area (Å²) in [4.78, 5) is 0. The predicted octanol–water partition coefficient (Wildman–Crippen LogP) is 3.47. The van der Waals surface area contributed by atoms with E-state index < -0.39 is 13.7 Å². The van der Waals surface area contributed by atoms with Gasteiger partial charge in [-0.25, -0.2) is 0 Å². The highest BCUT2D eigenvalue weighted by molar-refractivity contribution is 6.74. The van der Waals surface area contributed by atoms with Gasteiger partial charge in [0.1, 0.15) is 0 Å². The fraction of sp³-hybridized carbons (Fsp3) is 0.867. The van der Waals surface area contributed by atoms with Crippen LogP contribution in [-0.2, 0) is 9.16 Å². The summed E-state index contributed by atoms with van der Waals surface area (Å²) in [6.07, 6.45) is 0.428. The van der Waals surface area contributed by atoms with Crippen LogP contribution in [-0.4, -0.2) is 27.6 Å². The number of hydrogen-bond donors (Lipinski definition) is 0. The molecule has 112 valence electrons. The van der Waals surface area contributed by atoms with E-state index in [2.05, 4.69) is 46.0 Å². The van der Waals surface area contributed by atoms with Crippen LogP contribution in [0.2, 0.25) is 18.1 Å². The van der Waals surface area contributed by atoms with Crippen LogP contribution in [0.15, 0.2) is 0 Å². The van der Waals surface area contributed by atoms with Gasteiger partial charge in [0.2, 0.25) is 0 Å². The Morgan fingerprint density at radius 3 is 2.20 bits per heavy atom. The summed E-state index contributed by atoms with van der Waals surface area (Å²) >= 11 is 0. The number of nitriles is 2. The van der Waals surface area contributed by atoms with Crippen LogP contribution in [0.3, 0.4) is 0 Å². The molecule has 0 saturated carbocycles. The van der Waals surface area contributed by atoms with Gasteiger partial charge in [-0.3, -0.25) is 0 Å². The van der Waals surface area contributed by atoms with Crippen LogP contribution < -0.4 is 0 Å².